The first-order valence-electron chi connectivity index (χ1n) is 9.30. The number of nitrogens with zero attached hydrogens (tertiary/aromatic N) is 1. The molecule has 1 aliphatic heterocycles. The molecule has 144 valence electrons. The van der Waals surface area contributed by atoms with Gasteiger partial charge in [-0.15, -0.1) is 0 Å². The molecule has 2 N–H and O–H groups in total. The van der Waals surface area contributed by atoms with E-state index in [0.29, 0.717) is 17.2 Å². The second-order valence-corrected chi connectivity index (χ2v) is 6.76. The van der Waals surface area contributed by atoms with Crippen LogP contribution in [0.5, 0.6) is 11.5 Å². The Bertz CT molecular complexity index is 759. The summed E-state index contributed by atoms with van der Waals surface area (Å²) in [6, 6.07) is 15.7. The Labute approximate surface area is 160 Å². The van der Waals surface area contributed by atoms with E-state index < -0.39 is 0 Å². The van der Waals surface area contributed by atoms with Gasteiger partial charge in [-0.05, 0) is 31.2 Å². The van der Waals surface area contributed by atoms with Gasteiger partial charge < -0.3 is 24.6 Å². The summed E-state index contributed by atoms with van der Waals surface area (Å²) in [7, 11) is 3.18. The van der Waals surface area contributed by atoms with Gasteiger partial charge in [0.1, 0.15) is 0 Å². The molecule has 0 aromatic heterocycles. The summed E-state index contributed by atoms with van der Waals surface area (Å²) in [5.74, 6) is 1.27. The third kappa shape index (κ3) is 4.52. The molecule has 6 heteroatoms. The minimum atomic E-state index is -0.115. The van der Waals surface area contributed by atoms with Crippen LogP contribution in [0, 0.1) is 0 Å². The van der Waals surface area contributed by atoms with Gasteiger partial charge in [-0.25, -0.2) is 0 Å². The first-order chi connectivity index (χ1) is 13.1. The summed E-state index contributed by atoms with van der Waals surface area (Å²) in [4.78, 5) is 16.4. The van der Waals surface area contributed by atoms with Crippen LogP contribution in [0.15, 0.2) is 48.5 Å². The van der Waals surface area contributed by atoms with E-state index in [9.17, 15) is 4.79 Å². The van der Waals surface area contributed by atoms with Gasteiger partial charge in [-0.3, -0.25) is 4.79 Å². The van der Waals surface area contributed by atoms with Gasteiger partial charge >= 0.3 is 0 Å². The number of ether oxygens (including phenoxy) is 2. The average molecular weight is 370 g/mol. The Balaban J connectivity index is 1.57. The second kappa shape index (κ2) is 8.77. The van der Waals surface area contributed by atoms with Gasteiger partial charge in [-0.1, -0.05) is 18.2 Å². The van der Waals surface area contributed by atoms with E-state index in [1.807, 2.05) is 19.1 Å². The molecule has 1 fully saturated rings. The highest BCUT2D eigenvalue weighted by Crippen LogP contribution is 2.29. The van der Waals surface area contributed by atoms with Gasteiger partial charge in [-0.2, -0.15) is 0 Å². The molecule has 0 radical (unpaired) electrons. The standard InChI is InChI=1S/C21H27N3O3/c1-16(21(25)22-17-9-10-19(26-2)20(15-17)27-3)23-11-13-24(14-12-23)18-7-5-4-6-8-18/h4-10,15-16H,11-14H2,1-3H3,(H,22,25)/p+1/t16-/m1/s1. The maximum atomic E-state index is 12.7. The van der Waals surface area contributed by atoms with Crippen LogP contribution in [-0.4, -0.2) is 52.3 Å². The summed E-state index contributed by atoms with van der Waals surface area (Å²) in [6.07, 6.45) is 0. The molecule has 2 aromatic carbocycles. The molecule has 1 aliphatic rings. The normalized spacial score (nSPS) is 15.9. The molecular formula is C21H28N3O3+. The summed E-state index contributed by atoms with van der Waals surface area (Å²) < 4.78 is 10.5. The molecule has 1 atom stereocenters. The molecular weight excluding hydrogens is 342 g/mol. The molecule has 1 heterocycles. The number of benzene rings is 2. The number of anilines is 2. The van der Waals surface area contributed by atoms with Crippen LogP contribution in [0.2, 0.25) is 0 Å². The van der Waals surface area contributed by atoms with Crippen LogP contribution < -0.4 is 24.6 Å². The molecule has 0 unspecified atom stereocenters. The summed E-state index contributed by atoms with van der Waals surface area (Å²) >= 11 is 0. The predicted octanol–water partition coefficient (Wildman–Crippen LogP) is 1.44. The van der Waals surface area contributed by atoms with Gasteiger partial charge in [0, 0.05) is 17.4 Å². The summed E-state index contributed by atoms with van der Waals surface area (Å²) in [5, 5.41) is 3.00. The van der Waals surface area contributed by atoms with E-state index in [2.05, 4.69) is 34.5 Å². The number of nitrogens with one attached hydrogen (secondary N) is 2. The van der Waals surface area contributed by atoms with Crippen LogP contribution >= 0.6 is 0 Å². The number of para-hydroxylation sites is 1. The Morgan fingerprint density at radius 1 is 1.04 bits per heavy atom. The van der Waals surface area contributed by atoms with Gasteiger partial charge in [0.2, 0.25) is 0 Å². The maximum absolute atomic E-state index is 12.7. The van der Waals surface area contributed by atoms with Crippen molar-refractivity contribution in [3.63, 3.8) is 0 Å². The molecule has 3 rings (SSSR count). The zero-order chi connectivity index (χ0) is 19.2. The highest BCUT2D eigenvalue weighted by atomic mass is 16.5. The van der Waals surface area contributed by atoms with Crippen LogP contribution in [0.3, 0.4) is 0 Å². The summed E-state index contributed by atoms with van der Waals surface area (Å²) in [5.41, 5.74) is 1.96. The predicted molar refractivity (Wildman–Crippen MR) is 107 cm³/mol. The largest absolute Gasteiger partial charge is 0.493 e. The first-order valence-corrected chi connectivity index (χ1v) is 9.30. The molecule has 6 nitrogen and oxygen atoms in total. The second-order valence-electron chi connectivity index (χ2n) is 6.76. The lowest BCUT2D eigenvalue weighted by molar-refractivity contribution is -0.914. The fraction of sp³-hybridized carbons (Fsp3) is 0.381. The highest BCUT2D eigenvalue weighted by molar-refractivity contribution is 5.93. The highest BCUT2D eigenvalue weighted by Gasteiger charge is 2.29. The Morgan fingerprint density at radius 2 is 1.70 bits per heavy atom. The van der Waals surface area contributed by atoms with Crippen molar-refractivity contribution in [3.05, 3.63) is 48.5 Å². The molecule has 2 aromatic rings. The van der Waals surface area contributed by atoms with E-state index in [4.69, 9.17) is 9.47 Å². The third-order valence-corrected chi connectivity index (χ3v) is 5.18. The van der Waals surface area contributed by atoms with Crippen molar-refractivity contribution in [1.29, 1.82) is 0 Å². The number of carbonyl (C=O) groups is 1. The van der Waals surface area contributed by atoms with Crippen molar-refractivity contribution < 1.29 is 19.2 Å². The van der Waals surface area contributed by atoms with Crippen molar-refractivity contribution in [2.24, 2.45) is 0 Å². The number of methoxy groups -OCH3 is 2. The fourth-order valence-electron chi connectivity index (χ4n) is 3.47. The van der Waals surface area contributed by atoms with Gasteiger partial charge in [0.15, 0.2) is 17.5 Å². The Morgan fingerprint density at radius 3 is 2.33 bits per heavy atom. The van der Waals surface area contributed by atoms with Crippen molar-refractivity contribution in [3.8, 4) is 11.5 Å². The van der Waals surface area contributed by atoms with Crippen LogP contribution in [0.4, 0.5) is 11.4 Å². The number of carbonyl (C=O) groups excluding carboxylic acids is 1. The van der Waals surface area contributed by atoms with Crippen LogP contribution in [-0.2, 0) is 4.79 Å². The smallest absolute Gasteiger partial charge is 0.282 e. The quantitative estimate of drug-likeness (QED) is 0.808. The van der Waals surface area contributed by atoms with E-state index in [-0.39, 0.29) is 11.9 Å². The van der Waals surface area contributed by atoms with Gasteiger partial charge in [0.05, 0.1) is 40.4 Å². The van der Waals surface area contributed by atoms with Crippen LogP contribution in [0.1, 0.15) is 6.92 Å². The summed E-state index contributed by atoms with van der Waals surface area (Å²) in [6.45, 7) is 5.77. The van der Waals surface area contributed by atoms with E-state index in [1.54, 1.807) is 26.4 Å². The Hall–Kier alpha value is -2.73. The molecule has 1 saturated heterocycles. The maximum Gasteiger partial charge on any atom is 0.282 e. The number of rotatable bonds is 6. The topological polar surface area (TPSA) is 55.2 Å². The zero-order valence-corrected chi connectivity index (χ0v) is 16.2. The minimum absolute atomic E-state index is 0.0189. The minimum Gasteiger partial charge on any atom is -0.493 e. The number of piperazine rings is 1. The van der Waals surface area contributed by atoms with E-state index >= 15 is 0 Å². The molecule has 1 amide bonds. The molecule has 0 aliphatic carbocycles. The van der Waals surface area contributed by atoms with Crippen molar-refractivity contribution in [2.45, 2.75) is 13.0 Å². The van der Waals surface area contributed by atoms with E-state index in [1.165, 1.54) is 10.6 Å². The first kappa shape index (κ1) is 19.0. The number of quaternary nitrogens is 1. The molecule has 0 spiro atoms. The van der Waals surface area contributed by atoms with Crippen molar-refractivity contribution in [1.82, 2.24) is 0 Å². The lowest BCUT2D eigenvalue weighted by Gasteiger charge is -2.36. The fourth-order valence-corrected chi connectivity index (χ4v) is 3.47. The monoisotopic (exact) mass is 370 g/mol. The molecule has 0 saturated carbocycles. The lowest BCUT2D eigenvalue weighted by Crippen LogP contribution is -3.19. The Kier molecular flexibility index (Phi) is 6.19. The number of hydrogen-bond acceptors (Lipinski definition) is 4. The van der Waals surface area contributed by atoms with Crippen molar-refractivity contribution >= 4 is 17.3 Å². The molecule has 27 heavy (non-hydrogen) atoms. The third-order valence-electron chi connectivity index (χ3n) is 5.18. The number of hydrogen-bond donors (Lipinski definition) is 2. The SMILES string of the molecule is COc1ccc(NC(=O)[C@@H](C)[NH+]2CCN(c3ccccc3)CC2)cc1OC. The molecule has 0 bridgehead atoms. The van der Waals surface area contributed by atoms with Gasteiger partial charge in [0.25, 0.3) is 5.91 Å². The average Bonchev–Trinajstić information content (AvgIpc) is 2.73. The lowest BCUT2D eigenvalue weighted by atomic mass is 10.2. The van der Waals surface area contributed by atoms with Crippen LogP contribution in [0.25, 0.3) is 0 Å². The van der Waals surface area contributed by atoms with E-state index in [0.717, 1.165) is 26.2 Å². The van der Waals surface area contributed by atoms with Crippen molar-refractivity contribution in [2.75, 3.05) is 50.6 Å². The number of amides is 1. The zero-order valence-electron chi connectivity index (χ0n) is 16.2.